The van der Waals surface area contributed by atoms with E-state index in [4.69, 9.17) is 17.3 Å². The van der Waals surface area contributed by atoms with Crippen LogP contribution >= 0.6 is 22.9 Å². The van der Waals surface area contributed by atoms with E-state index in [-0.39, 0.29) is 11.8 Å². The summed E-state index contributed by atoms with van der Waals surface area (Å²) < 4.78 is 0.778. The Morgan fingerprint density at radius 1 is 1.56 bits per heavy atom. The molecule has 0 saturated heterocycles. The molecule has 0 aliphatic carbocycles. The number of halogens is 1. The molecule has 1 aromatic rings. The highest BCUT2D eigenvalue weighted by Crippen LogP contribution is 2.21. The van der Waals surface area contributed by atoms with Gasteiger partial charge >= 0.3 is 0 Å². The van der Waals surface area contributed by atoms with Gasteiger partial charge in [0.1, 0.15) is 0 Å². The monoisotopic (exact) mass is 260 g/mol. The molecule has 0 spiro atoms. The van der Waals surface area contributed by atoms with Crippen LogP contribution in [0.3, 0.4) is 0 Å². The van der Waals surface area contributed by atoms with Gasteiger partial charge in [-0.15, -0.1) is 11.3 Å². The summed E-state index contributed by atoms with van der Waals surface area (Å²) in [6, 6.07) is 3.41. The molecule has 1 rings (SSSR count). The van der Waals surface area contributed by atoms with Gasteiger partial charge in [-0.25, -0.2) is 0 Å². The first kappa shape index (κ1) is 13.5. The molecule has 5 heteroatoms. The predicted octanol–water partition coefficient (Wildman–Crippen LogP) is 2.04. The second kappa shape index (κ2) is 6.23. The third kappa shape index (κ3) is 4.12. The summed E-state index contributed by atoms with van der Waals surface area (Å²) in [5.74, 6) is 0.0776. The van der Waals surface area contributed by atoms with Crippen molar-refractivity contribution >= 4 is 28.8 Å². The van der Waals surface area contributed by atoms with Crippen molar-refractivity contribution in [1.82, 2.24) is 5.32 Å². The molecule has 0 unspecified atom stereocenters. The fraction of sp³-hybridized carbons (Fsp3) is 0.545. The van der Waals surface area contributed by atoms with Gasteiger partial charge in [0.25, 0.3) is 0 Å². The van der Waals surface area contributed by atoms with Gasteiger partial charge in [-0.1, -0.05) is 25.4 Å². The number of hydrogen-bond acceptors (Lipinski definition) is 3. The molecule has 16 heavy (non-hydrogen) atoms. The summed E-state index contributed by atoms with van der Waals surface area (Å²) in [6.45, 7) is 4.47. The average molecular weight is 261 g/mol. The number of thiophene rings is 1. The van der Waals surface area contributed by atoms with Gasteiger partial charge in [0.2, 0.25) is 5.91 Å². The van der Waals surface area contributed by atoms with Crippen molar-refractivity contribution in [2.75, 3.05) is 6.54 Å². The summed E-state index contributed by atoms with van der Waals surface area (Å²) >= 11 is 7.34. The first-order valence-electron chi connectivity index (χ1n) is 5.28. The number of amides is 1. The van der Waals surface area contributed by atoms with Crippen molar-refractivity contribution in [1.29, 1.82) is 0 Å². The number of rotatable bonds is 5. The van der Waals surface area contributed by atoms with Crippen molar-refractivity contribution in [2.24, 2.45) is 11.7 Å². The Bertz CT molecular complexity index is 352. The van der Waals surface area contributed by atoms with Gasteiger partial charge in [-0.05, 0) is 24.5 Å². The Kier molecular flexibility index (Phi) is 5.25. The van der Waals surface area contributed by atoms with Crippen LogP contribution < -0.4 is 11.1 Å². The van der Waals surface area contributed by atoms with Crippen LogP contribution in [0.15, 0.2) is 12.1 Å². The summed E-state index contributed by atoms with van der Waals surface area (Å²) in [4.78, 5) is 12.7. The van der Waals surface area contributed by atoms with Crippen LogP contribution in [0.4, 0.5) is 0 Å². The van der Waals surface area contributed by atoms with Crippen molar-refractivity contribution in [2.45, 2.75) is 26.3 Å². The topological polar surface area (TPSA) is 55.1 Å². The lowest BCUT2D eigenvalue weighted by atomic mass is 10.1. The van der Waals surface area contributed by atoms with Gasteiger partial charge in [-0.3, -0.25) is 4.79 Å². The maximum absolute atomic E-state index is 11.5. The zero-order valence-electron chi connectivity index (χ0n) is 9.50. The van der Waals surface area contributed by atoms with E-state index in [1.165, 1.54) is 16.2 Å². The van der Waals surface area contributed by atoms with Crippen LogP contribution in [0.1, 0.15) is 18.7 Å². The van der Waals surface area contributed by atoms with Crippen molar-refractivity contribution in [3.8, 4) is 0 Å². The fourth-order valence-corrected chi connectivity index (χ4v) is 2.30. The lowest BCUT2D eigenvalue weighted by Crippen LogP contribution is -2.44. The maximum atomic E-state index is 11.5. The SMILES string of the molecule is CC(C)[C@H](N)C(=O)NCCc1ccc(Cl)s1. The predicted molar refractivity (Wildman–Crippen MR) is 68.9 cm³/mol. The maximum Gasteiger partial charge on any atom is 0.237 e. The molecule has 90 valence electrons. The minimum absolute atomic E-state index is 0.0855. The standard InChI is InChI=1S/C11H17ClN2OS/c1-7(2)10(13)11(15)14-6-5-8-3-4-9(12)16-8/h3-4,7,10H,5-6,13H2,1-2H3,(H,14,15)/t10-/m0/s1. The quantitative estimate of drug-likeness (QED) is 0.851. The number of hydrogen-bond donors (Lipinski definition) is 2. The highest BCUT2D eigenvalue weighted by atomic mass is 35.5. The van der Waals surface area contributed by atoms with Gasteiger partial charge in [0.15, 0.2) is 0 Å². The molecular weight excluding hydrogens is 244 g/mol. The Labute approximate surface area is 105 Å². The number of nitrogens with one attached hydrogen (secondary N) is 1. The second-order valence-electron chi connectivity index (χ2n) is 4.02. The highest BCUT2D eigenvalue weighted by molar-refractivity contribution is 7.16. The second-order valence-corrected chi connectivity index (χ2v) is 5.82. The molecule has 0 aliphatic heterocycles. The van der Waals surface area contributed by atoms with Crippen LogP contribution in [0, 0.1) is 5.92 Å². The summed E-state index contributed by atoms with van der Waals surface area (Å²) in [5, 5.41) is 2.82. The van der Waals surface area contributed by atoms with E-state index in [9.17, 15) is 4.79 Å². The molecule has 1 heterocycles. The van der Waals surface area contributed by atoms with Gasteiger partial charge in [0, 0.05) is 11.4 Å². The van der Waals surface area contributed by atoms with Crippen molar-refractivity contribution < 1.29 is 4.79 Å². The van der Waals surface area contributed by atoms with E-state index in [0.29, 0.717) is 6.54 Å². The van der Waals surface area contributed by atoms with E-state index in [2.05, 4.69) is 5.32 Å². The molecule has 3 nitrogen and oxygen atoms in total. The van der Waals surface area contributed by atoms with E-state index in [0.717, 1.165) is 10.8 Å². The van der Waals surface area contributed by atoms with Crippen LogP contribution in [0.2, 0.25) is 4.34 Å². The molecular formula is C11H17ClN2OS. The van der Waals surface area contributed by atoms with Crippen LogP contribution in [0.25, 0.3) is 0 Å². The molecule has 1 aromatic heterocycles. The molecule has 0 bridgehead atoms. The van der Waals surface area contributed by atoms with E-state index >= 15 is 0 Å². The van der Waals surface area contributed by atoms with Gasteiger partial charge in [0.05, 0.1) is 10.4 Å². The van der Waals surface area contributed by atoms with Crippen molar-refractivity contribution in [3.05, 3.63) is 21.3 Å². The molecule has 0 fully saturated rings. The summed E-state index contributed by atoms with van der Waals surface area (Å²) in [7, 11) is 0. The lowest BCUT2D eigenvalue weighted by molar-refractivity contribution is -0.123. The molecule has 1 atom stereocenters. The summed E-state index contributed by atoms with van der Waals surface area (Å²) in [5.41, 5.74) is 5.71. The third-order valence-corrected chi connectivity index (χ3v) is 3.61. The average Bonchev–Trinajstić information content (AvgIpc) is 2.62. The van der Waals surface area contributed by atoms with E-state index < -0.39 is 6.04 Å². The largest absolute Gasteiger partial charge is 0.354 e. The van der Waals surface area contributed by atoms with Crippen LogP contribution in [0.5, 0.6) is 0 Å². The van der Waals surface area contributed by atoms with Crippen LogP contribution in [-0.4, -0.2) is 18.5 Å². The zero-order valence-corrected chi connectivity index (χ0v) is 11.1. The first-order chi connectivity index (χ1) is 7.50. The summed E-state index contributed by atoms with van der Waals surface area (Å²) in [6.07, 6.45) is 0.800. The number of nitrogens with two attached hydrogens (primary N) is 1. The Balaban J connectivity index is 2.28. The van der Waals surface area contributed by atoms with E-state index in [1.807, 2.05) is 26.0 Å². The van der Waals surface area contributed by atoms with Crippen molar-refractivity contribution in [3.63, 3.8) is 0 Å². The van der Waals surface area contributed by atoms with E-state index in [1.54, 1.807) is 0 Å². The minimum Gasteiger partial charge on any atom is -0.354 e. The normalized spacial score (nSPS) is 12.8. The molecule has 1 amide bonds. The molecule has 3 N–H and O–H groups in total. The molecule has 0 radical (unpaired) electrons. The first-order valence-corrected chi connectivity index (χ1v) is 6.47. The Hall–Kier alpha value is -0.580. The third-order valence-electron chi connectivity index (χ3n) is 2.32. The lowest BCUT2D eigenvalue weighted by Gasteiger charge is -2.14. The Morgan fingerprint density at radius 3 is 2.75 bits per heavy atom. The van der Waals surface area contributed by atoms with Gasteiger partial charge in [-0.2, -0.15) is 0 Å². The number of carbonyl (C=O) groups is 1. The zero-order chi connectivity index (χ0) is 12.1. The fourth-order valence-electron chi connectivity index (χ4n) is 1.22. The smallest absolute Gasteiger partial charge is 0.237 e. The molecule has 0 aromatic carbocycles. The van der Waals surface area contributed by atoms with Crippen LogP contribution in [-0.2, 0) is 11.2 Å². The molecule has 0 aliphatic rings. The Morgan fingerprint density at radius 2 is 2.25 bits per heavy atom. The minimum atomic E-state index is -0.424. The highest BCUT2D eigenvalue weighted by Gasteiger charge is 2.16. The molecule has 0 saturated carbocycles. The number of carbonyl (C=O) groups excluding carboxylic acids is 1. The van der Waals surface area contributed by atoms with Gasteiger partial charge < -0.3 is 11.1 Å².